The summed E-state index contributed by atoms with van der Waals surface area (Å²) in [5, 5.41) is 6.56. The van der Waals surface area contributed by atoms with Gasteiger partial charge in [0.1, 0.15) is 0 Å². The second-order valence-electron chi connectivity index (χ2n) is 5.41. The highest BCUT2D eigenvalue weighted by Crippen LogP contribution is 2.44. The molecule has 3 nitrogen and oxygen atoms in total. The summed E-state index contributed by atoms with van der Waals surface area (Å²) in [6.45, 7) is 3.45. The van der Waals surface area contributed by atoms with Gasteiger partial charge >= 0.3 is 0 Å². The Morgan fingerprint density at radius 1 is 1.29 bits per heavy atom. The third-order valence-electron chi connectivity index (χ3n) is 3.93. The van der Waals surface area contributed by atoms with Gasteiger partial charge in [0.25, 0.3) is 0 Å². The number of benzene rings is 1. The first kappa shape index (κ1) is 13.5. The summed E-state index contributed by atoms with van der Waals surface area (Å²) >= 11 is 3.85. The normalized spacial score (nSPS) is 23.1. The molecule has 0 spiro atoms. The van der Waals surface area contributed by atoms with E-state index >= 15 is 0 Å². The van der Waals surface area contributed by atoms with Crippen LogP contribution in [-0.4, -0.2) is 12.0 Å². The van der Waals surface area contributed by atoms with Crippen molar-refractivity contribution < 1.29 is 9.47 Å². The van der Waals surface area contributed by atoms with Crippen LogP contribution in [0.2, 0.25) is 0 Å². The SMILES string of the molecule is C[C@H]1CC(NCc2cccc3c2OCO3)c2ccsc2S1. The molecule has 1 aromatic carbocycles. The van der Waals surface area contributed by atoms with Crippen molar-refractivity contribution in [1.82, 2.24) is 5.32 Å². The molecule has 1 N–H and O–H groups in total. The first-order valence-corrected chi connectivity index (χ1v) is 8.92. The minimum atomic E-state index is 0.331. The lowest BCUT2D eigenvalue weighted by atomic mass is 10.0. The molecule has 0 saturated carbocycles. The predicted molar refractivity (Wildman–Crippen MR) is 86.4 cm³/mol. The first-order chi connectivity index (χ1) is 10.3. The largest absolute Gasteiger partial charge is 0.454 e. The first-order valence-electron chi connectivity index (χ1n) is 7.16. The van der Waals surface area contributed by atoms with Gasteiger partial charge in [0.05, 0.1) is 4.21 Å². The molecule has 4 rings (SSSR count). The Balaban J connectivity index is 1.52. The van der Waals surface area contributed by atoms with Crippen molar-refractivity contribution in [3.05, 3.63) is 40.8 Å². The minimum Gasteiger partial charge on any atom is -0.454 e. The van der Waals surface area contributed by atoms with Gasteiger partial charge < -0.3 is 14.8 Å². The number of hydrogen-bond donors (Lipinski definition) is 1. The molecule has 1 aromatic heterocycles. The van der Waals surface area contributed by atoms with Crippen molar-refractivity contribution >= 4 is 23.1 Å². The Morgan fingerprint density at radius 3 is 3.19 bits per heavy atom. The van der Waals surface area contributed by atoms with E-state index in [2.05, 4.69) is 29.8 Å². The highest BCUT2D eigenvalue weighted by Gasteiger charge is 2.26. The Morgan fingerprint density at radius 2 is 2.24 bits per heavy atom. The number of ether oxygens (including phenoxy) is 2. The van der Waals surface area contributed by atoms with Crippen LogP contribution >= 0.6 is 23.1 Å². The molecule has 2 aliphatic rings. The lowest BCUT2D eigenvalue weighted by Gasteiger charge is -2.27. The van der Waals surface area contributed by atoms with Crippen molar-refractivity contribution in [1.29, 1.82) is 0 Å². The van der Waals surface area contributed by atoms with Crippen molar-refractivity contribution in [2.24, 2.45) is 0 Å². The van der Waals surface area contributed by atoms with E-state index in [-0.39, 0.29) is 0 Å². The number of thioether (sulfide) groups is 1. The maximum absolute atomic E-state index is 5.58. The predicted octanol–water partition coefficient (Wildman–Crippen LogP) is 4.19. The van der Waals surface area contributed by atoms with Crippen LogP contribution in [0.4, 0.5) is 0 Å². The van der Waals surface area contributed by atoms with Gasteiger partial charge in [-0.3, -0.25) is 0 Å². The van der Waals surface area contributed by atoms with E-state index in [1.54, 1.807) is 0 Å². The fourth-order valence-electron chi connectivity index (χ4n) is 2.91. The molecule has 5 heteroatoms. The average Bonchev–Trinajstić information content (AvgIpc) is 3.12. The lowest BCUT2D eigenvalue weighted by molar-refractivity contribution is 0.173. The molecule has 0 amide bonds. The molecule has 1 unspecified atom stereocenters. The molecular weight excluding hydrogens is 302 g/mol. The average molecular weight is 319 g/mol. The van der Waals surface area contributed by atoms with Crippen LogP contribution in [0.5, 0.6) is 11.5 Å². The minimum absolute atomic E-state index is 0.331. The molecule has 0 radical (unpaired) electrons. The zero-order chi connectivity index (χ0) is 14.2. The van der Waals surface area contributed by atoms with E-state index in [0.717, 1.165) is 18.0 Å². The van der Waals surface area contributed by atoms with Crippen LogP contribution in [0.25, 0.3) is 0 Å². The topological polar surface area (TPSA) is 30.5 Å². The van der Waals surface area contributed by atoms with E-state index in [4.69, 9.17) is 9.47 Å². The number of thiophene rings is 1. The molecular formula is C16H17NO2S2. The highest BCUT2D eigenvalue weighted by molar-refractivity contribution is 8.01. The second kappa shape index (κ2) is 5.55. The van der Waals surface area contributed by atoms with Crippen LogP contribution in [0.1, 0.15) is 30.5 Å². The molecule has 0 bridgehead atoms. The Bertz CT molecular complexity index is 655. The van der Waals surface area contributed by atoms with E-state index in [0.29, 0.717) is 18.1 Å². The third-order valence-corrected chi connectivity index (χ3v) is 6.27. The monoisotopic (exact) mass is 319 g/mol. The quantitative estimate of drug-likeness (QED) is 0.919. The fraction of sp³-hybridized carbons (Fsp3) is 0.375. The number of hydrogen-bond acceptors (Lipinski definition) is 5. The van der Waals surface area contributed by atoms with Gasteiger partial charge in [-0.05, 0) is 29.5 Å². The Labute approximate surface area is 132 Å². The maximum Gasteiger partial charge on any atom is 0.231 e. The van der Waals surface area contributed by atoms with Crippen LogP contribution < -0.4 is 14.8 Å². The number of para-hydroxylation sites is 1. The standard InChI is InChI=1S/C16H17NO2S2/c1-10-7-13(12-5-6-20-16(12)21-10)17-8-11-3-2-4-14-15(11)19-9-18-14/h2-6,10,13,17H,7-9H2,1H3/t10-,13?/m0/s1. The van der Waals surface area contributed by atoms with E-state index in [1.165, 1.54) is 21.8 Å². The molecule has 0 aliphatic carbocycles. The third kappa shape index (κ3) is 2.54. The highest BCUT2D eigenvalue weighted by atomic mass is 32.2. The summed E-state index contributed by atoms with van der Waals surface area (Å²) < 4.78 is 12.5. The second-order valence-corrected chi connectivity index (χ2v) is 8.04. The molecule has 2 aliphatic heterocycles. The van der Waals surface area contributed by atoms with Crippen molar-refractivity contribution in [2.45, 2.75) is 35.4 Å². The van der Waals surface area contributed by atoms with E-state index in [9.17, 15) is 0 Å². The number of nitrogens with one attached hydrogen (secondary N) is 1. The van der Waals surface area contributed by atoms with Crippen LogP contribution in [0.15, 0.2) is 33.9 Å². The molecule has 3 heterocycles. The zero-order valence-corrected chi connectivity index (χ0v) is 13.4. The van der Waals surface area contributed by atoms with Gasteiger partial charge in [-0.1, -0.05) is 19.1 Å². The Hall–Kier alpha value is -1.17. The lowest BCUT2D eigenvalue weighted by Crippen LogP contribution is -2.26. The number of rotatable bonds is 3. The van der Waals surface area contributed by atoms with Crippen LogP contribution in [0, 0.1) is 0 Å². The van der Waals surface area contributed by atoms with E-state index < -0.39 is 0 Å². The van der Waals surface area contributed by atoms with Crippen molar-refractivity contribution in [3.63, 3.8) is 0 Å². The Kier molecular flexibility index (Phi) is 3.57. The van der Waals surface area contributed by atoms with Crippen LogP contribution in [-0.2, 0) is 6.54 Å². The molecule has 110 valence electrons. The van der Waals surface area contributed by atoms with Gasteiger partial charge in [0.15, 0.2) is 11.5 Å². The van der Waals surface area contributed by atoms with Crippen LogP contribution in [0.3, 0.4) is 0 Å². The van der Waals surface area contributed by atoms with Crippen molar-refractivity contribution in [3.8, 4) is 11.5 Å². The van der Waals surface area contributed by atoms with Gasteiger partial charge in [-0.25, -0.2) is 0 Å². The summed E-state index contributed by atoms with van der Waals surface area (Å²) in [7, 11) is 0. The molecule has 2 aromatic rings. The summed E-state index contributed by atoms with van der Waals surface area (Å²) in [6.07, 6.45) is 1.17. The van der Waals surface area contributed by atoms with Gasteiger partial charge in [0, 0.05) is 23.4 Å². The molecule has 0 saturated heterocycles. The fourth-order valence-corrected chi connectivity index (χ4v) is 5.47. The van der Waals surface area contributed by atoms with Gasteiger partial charge in [-0.15, -0.1) is 23.1 Å². The maximum atomic E-state index is 5.58. The van der Waals surface area contributed by atoms with Crippen molar-refractivity contribution in [2.75, 3.05) is 6.79 Å². The summed E-state index contributed by atoms with van der Waals surface area (Å²) in [4.78, 5) is 0. The summed E-state index contributed by atoms with van der Waals surface area (Å²) in [6, 6.07) is 8.78. The smallest absolute Gasteiger partial charge is 0.231 e. The van der Waals surface area contributed by atoms with Gasteiger partial charge in [0.2, 0.25) is 6.79 Å². The summed E-state index contributed by atoms with van der Waals surface area (Å²) in [5.41, 5.74) is 2.63. The number of fused-ring (bicyclic) bond motifs is 2. The molecule has 21 heavy (non-hydrogen) atoms. The molecule has 0 fully saturated rings. The van der Waals surface area contributed by atoms with E-state index in [1.807, 2.05) is 35.2 Å². The molecule has 2 atom stereocenters. The summed E-state index contributed by atoms with van der Waals surface area (Å²) in [5.74, 6) is 1.76. The van der Waals surface area contributed by atoms with Gasteiger partial charge in [-0.2, -0.15) is 0 Å². The zero-order valence-electron chi connectivity index (χ0n) is 11.8.